The molecule has 1 aromatic carbocycles. The molecule has 1 aliphatic rings. The van der Waals surface area contributed by atoms with Gasteiger partial charge >= 0.3 is 0 Å². The quantitative estimate of drug-likeness (QED) is 0.733. The van der Waals surface area contributed by atoms with Crippen LogP contribution in [0.1, 0.15) is 30.1 Å². The third-order valence-corrected chi connectivity index (χ3v) is 3.84. The molecular formula is C15H19ClN2O4. The zero-order chi connectivity index (χ0) is 16.3. The molecule has 2 amide bonds. The van der Waals surface area contributed by atoms with Gasteiger partial charge in [-0.05, 0) is 31.9 Å². The largest absolute Gasteiger partial charge is 0.508 e. The van der Waals surface area contributed by atoms with Gasteiger partial charge in [-0.1, -0.05) is 0 Å². The van der Waals surface area contributed by atoms with E-state index in [9.17, 15) is 19.8 Å². The SMILES string of the molecule is CC(Cl)C(=O)NC1CCN(C(=O)c2cc(O)cc(O)c2)CC1. The molecule has 1 atom stereocenters. The summed E-state index contributed by atoms with van der Waals surface area (Å²) in [5.74, 6) is -0.755. The number of phenols is 2. The lowest BCUT2D eigenvalue weighted by molar-refractivity contribution is -0.121. The number of aromatic hydroxyl groups is 2. The molecule has 0 saturated carbocycles. The monoisotopic (exact) mass is 326 g/mol. The number of likely N-dealkylation sites (tertiary alicyclic amines) is 1. The first-order valence-corrected chi connectivity index (χ1v) is 7.57. The van der Waals surface area contributed by atoms with Gasteiger partial charge in [0.05, 0.1) is 0 Å². The number of alkyl halides is 1. The highest BCUT2D eigenvalue weighted by Crippen LogP contribution is 2.22. The Kier molecular flexibility index (Phi) is 5.13. The zero-order valence-electron chi connectivity index (χ0n) is 12.3. The van der Waals surface area contributed by atoms with E-state index in [2.05, 4.69) is 5.32 Å². The number of benzene rings is 1. The number of amides is 2. The molecule has 7 heteroatoms. The predicted octanol–water partition coefficient (Wildman–Crippen LogP) is 1.45. The molecule has 22 heavy (non-hydrogen) atoms. The number of carbonyl (C=O) groups is 2. The Bertz CT molecular complexity index is 548. The molecule has 0 spiro atoms. The van der Waals surface area contributed by atoms with Crippen LogP contribution in [-0.2, 0) is 4.79 Å². The van der Waals surface area contributed by atoms with E-state index in [1.807, 2.05) is 0 Å². The van der Waals surface area contributed by atoms with E-state index >= 15 is 0 Å². The Labute approximate surface area is 133 Å². The van der Waals surface area contributed by atoms with Gasteiger partial charge in [-0.15, -0.1) is 11.6 Å². The predicted molar refractivity (Wildman–Crippen MR) is 82.2 cm³/mol. The highest BCUT2D eigenvalue weighted by Gasteiger charge is 2.25. The first-order chi connectivity index (χ1) is 10.4. The van der Waals surface area contributed by atoms with Crippen molar-refractivity contribution < 1.29 is 19.8 Å². The normalized spacial score (nSPS) is 17.1. The Hall–Kier alpha value is -1.95. The van der Waals surface area contributed by atoms with Crippen molar-refractivity contribution in [1.29, 1.82) is 0 Å². The van der Waals surface area contributed by atoms with Crippen LogP contribution in [0.4, 0.5) is 0 Å². The van der Waals surface area contributed by atoms with E-state index in [0.29, 0.717) is 25.9 Å². The molecule has 1 aliphatic heterocycles. The van der Waals surface area contributed by atoms with Crippen molar-refractivity contribution in [1.82, 2.24) is 10.2 Å². The van der Waals surface area contributed by atoms with Gasteiger partial charge in [0.25, 0.3) is 5.91 Å². The number of hydrogen-bond acceptors (Lipinski definition) is 4. The lowest BCUT2D eigenvalue weighted by Crippen LogP contribution is -2.47. The third-order valence-electron chi connectivity index (χ3n) is 3.64. The van der Waals surface area contributed by atoms with E-state index in [4.69, 9.17) is 11.6 Å². The van der Waals surface area contributed by atoms with Gasteiger partial charge in [-0.3, -0.25) is 9.59 Å². The van der Waals surface area contributed by atoms with Gasteiger partial charge in [0.2, 0.25) is 5.91 Å². The van der Waals surface area contributed by atoms with Gasteiger partial charge in [-0.25, -0.2) is 0 Å². The summed E-state index contributed by atoms with van der Waals surface area (Å²) in [5.41, 5.74) is 0.245. The second kappa shape index (κ2) is 6.87. The minimum absolute atomic E-state index is 0.00956. The lowest BCUT2D eigenvalue weighted by atomic mass is 10.0. The zero-order valence-corrected chi connectivity index (χ0v) is 13.0. The maximum atomic E-state index is 12.3. The summed E-state index contributed by atoms with van der Waals surface area (Å²) in [6, 6.07) is 3.83. The van der Waals surface area contributed by atoms with Crippen LogP contribution >= 0.6 is 11.6 Å². The molecule has 120 valence electrons. The van der Waals surface area contributed by atoms with Crippen molar-refractivity contribution in [2.24, 2.45) is 0 Å². The van der Waals surface area contributed by atoms with Gasteiger partial charge in [-0.2, -0.15) is 0 Å². The number of rotatable bonds is 3. The topological polar surface area (TPSA) is 89.9 Å². The molecule has 3 N–H and O–H groups in total. The standard InChI is InChI=1S/C15H19ClN2O4/c1-9(16)14(21)17-11-2-4-18(5-3-11)15(22)10-6-12(19)8-13(20)7-10/h6-9,11,19-20H,2-5H2,1H3,(H,17,21). The van der Waals surface area contributed by atoms with Gasteiger partial charge in [0.1, 0.15) is 16.9 Å². The van der Waals surface area contributed by atoms with Crippen LogP contribution in [0.2, 0.25) is 0 Å². The summed E-state index contributed by atoms with van der Waals surface area (Å²) in [6.45, 7) is 2.61. The van der Waals surface area contributed by atoms with Crippen molar-refractivity contribution in [3.63, 3.8) is 0 Å². The summed E-state index contributed by atoms with van der Waals surface area (Å²) in [7, 11) is 0. The molecule has 0 aromatic heterocycles. The van der Waals surface area contributed by atoms with Crippen LogP contribution < -0.4 is 5.32 Å². The molecular weight excluding hydrogens is 308 g/mol. The maximum absolute atomic E-state index is 12.3. The number of nitrogens with zero attached hydrogens (tertiary/aromatic N) is 1. The molecule has 0 bridgehead atoms. The average molecular weight is 327 g/mol. The van der Waals surface area contributed by atoms with Crippen LogP contribution in [0.25, 0.3) is 0 Å². The molecule has 1 unspecified atom stereocenters. The molecule has 0 aliphatic carbocycles. The van der Waals surface area contributed by atoms with E-state index in [1.165, 1.54) is 18.2 Å². The third kappa shape index (κ3) is 4.04. The minimum atomic E-state index is -0.574. The summed E-state index contributed by atoms with van der Waals surface area (Å²) in [6.07, 6.45) is 1.29. The number of halogens is 1. The maximum Gasteiger partial charge on any atom is 0.254 e. The Balaban J connectivity index is 1.93. The van der Waals surface area contributed by atoms with E-state index in [-0.39, 0.29) is 34.9 Å². The van der Waals surface area contributed by atoms with Crippen LogP contribution in [0, 0.1) is 0 Å². The highest BCUT2D eigenvalue weighted by molar-refractivity contribution is 6.30. The second-order valence-electron chi connectivity index (χ2n) is 5.43. The van der Waals surface area contributed by atoms with Crippen LogP contribution in [0.5, 0.6) is 11.5 Å². The smallest absolute Gasteiger partial charge is 0.254 e. The summed E-state index contributed by atoms with van der Waals surface area (Å²) in [4.78, 5) is 25.5. The first kappa shape index (κ1) is 16.4. The molecule has 6 nitrogen and oxygen atoms in total. The summed E-state index contributed by atoms with van der Waals surface area (Å²) >= 11 is 5.71. The fraction of sp³-hybridized carbons (Fsp3) is 0.467. The van der Waals surface area contributed by atoms with Crippen molar-refractivity contribution in [2.45, 2.75) is 31.2 Å². The van der Waals surface area contributed by atoms with Crippen LogP contribution in [0.15, 0.2) is 18.2 Å². The van der Waals surface area contributed by atoms with E-state index in [1.54, 1.807) is 11.8 Å². The van der Waals surface area contributed by atoms with Crippen LogP contribution in [-0.4, -0.2) is 51.4 Å². The molecule has 1 saturated heterocycles. The first-order valence-electron chi connectivity index (χ1n) is 7.13. The van der Waals surface area contributed by atoms with E-state index < -0.39 is 5.38 Å². The fourth-order valence-electron chi connectivity index (χ4n) is 2.44. The van der Waals surface area contributed by atoms with Crippen molar-refractivity contribution in [2.75, 3.05) is 13.1 Å². The average Bonchev–Trinajstić information content (AvgIpc) is 2.46. The van der Waals surface area contributed by atoms with Crippen molar-refractivity contribution >= 4 is 23.4 Å². The Morgan fingerprint density at radius 3 is 2.27 bits per heavy atom. The van der Waals surface area contributed by atoms with Gasteiger partial charge in [0, 0.05) is 30.8 Å². The lowest BCUT2D eigenvalue weighted by Gasteiger charge is -2.32. The number of carbonyl (C=O) groups excluding carboxylic acids is 2. The van der Waals surface area contributed by atoms with Gasteiger partial charge < -0.3 is 20.4 Å². The molecule has 1 heterocycles. The summed E-state index contributed by atoms with van der Waals surface area (Å²) < 4.78 is 0. The highest BCUT2D eigenvalue weighted by atomic mass is 35.5. The number of hydrogen-bond donors (Lipinski definition) is 3. The van der Waals surface area contributed by atoms with Crippen LogP contribution in [0.3, 0.4) is 0 Å². The molecule has 2 rings (SSSR count). The van der Waals surface area contributed by atoms with E-state index in [0.717, 1.165) is 0 Å². The molecule has 0 radical (unpaired) electrons. The Morgan fingerprint density at radius 1 is 1.23 bits per heavy atom. The number of nitrogens with one attached hydrogen (secondary N) is 1. The summed E-state index contributed by atoms with van der Waals surface area (Å²) in [5, 5.41) is 21.2. The van der Waals surface area contributed by atoms with Crippen molar-refractivity contribution in [3.05, 3.63) is 23.8 Å². The second-order valence-corrected chi connectivity index (χ2v) is 6.08. The fourth-order valence-corrected chi connectivity index (χ4v) is 2.51. The molecule has 1 aromatic rings. The molecule has 1 fully saturated rings. The van der Waals surface area contributed by atoms with Crippen molar-refractivity contribution in [3.8, 4) is 11.5 Å². The minimum Gasteiger partial charge on any atom is -0.508 e. The Morgan fingerprint density at radius 2 is 1.77 bits per heavy atom. The number of piperidine rings is 1. The number of phenolic OH excluding ortho intramolecular Hbond substituents is 2. The van der Waals surface area contributed by atoms with Gasteiger partial charge in [0.15, 0.2) is 0 Å².